The van der Waals surface area contributed by atoms with Gasteiger partial charge in [0.15, 0.2) is 5.90 Å². The maximum Gasteiger partial charge on any atom is 0.187 e. The normalized spacial score (nSPS) is 28.2. The van der Waals surface area contributed by atoms with E-state index in [4.69, 9.17) is 4.74 Å². The molecule has 0 aromatic rings. The second kappa shape index (κ2) is 2.22. The quantitative estimate of drug-likeness (QED) is 0.516. The highest BCUT2D eigenvalue weighted by molar-refractivity contribution is 5.77. The van der Waals surface area contributed by atoms with E-state index in [2.05, 4.69) is 24.1 Å². The van der Waals surface area contributed by atoms with E-state index in [1.54, 1.807) is 0 Å². The van der Waals surface area contributed by atoms with Crippen molar-refractivity contribution in [2.24, 2.45) is 4.99 Å². The van der Waals surface area contributed by atoms with E-state index in [9.17, 15) is 0 Å². The van der Waals surface area contributed by atoms with Crippen LogP contribution in [0.1, 0.15) is 20.3 Å². The van der Waals surface area contributed by atoms with Gasteiger partial charge in [0.05, 0.1) is 0 Å². The first-order valence-electron chi connectivity index (χ1n) is 3.86. The lowest BCUT2D eigenvalue weighted by Gasteiger charge is -2.10. The Morgan fingerprint density at radius 2 is 2.36 bits per heavy atom. The van der Waals surface area contributed by atoms with Crippen molar-refractivity contribution in [2.75, 3.05) is 0 Å². The molecule has 1 unspecified atom stereocenters. The smallest absolute Gasteiger partial charge is 0.187 e. The van der Waals surface area contributed by atoms with Crippen LogP contribution in [0.5, 0.6) is 0 Å². The first-order valence-corrected chi connectivity index (χ1v) is 3.86. The van der Waals surface area contributed by atoms with Crippen LogP contribution in [0.25, 0.3) is 0 Å². The van der Waals surface area contributed by atoms with Crippen LogP contribution in [0.2, 0.25) is 0 Å². The van der Waals surface area contributed by atoms with Crippen molar-refractivity contribution in [1.82, 2.24) is 0 Å². The van der Waals surface area contributed by atoms with Gasteiger partial charge in [0.25, 0.3) is 0 Å². The molecule has 1 aliphatic carbocycles. The third-order valence-corrected chi connectivity index (χ3v) is 1.96. The van der Waals surface area contributed by atoms with Crippen molar-refractivity contribution in [1.29, 1.82) is 0 Å². The van der Waals surface area contributed by atoms with E-state index in [1.165, 1.54) is 5.57 Å². The van der Waals surface area contributed by atoms with Crippen LogP contribution in [0.15, 0.2) is 28.5 Å². The number of nitrogens with zero attached hydrogens (tertiary/aromatic N) is 1. The van der Waals surface area contributed by atoms with E-state index >= 15 is 0 Å². The Balaban J connectivity index is 2.27. The van der Waals surface area contributed by atoms with E-state index in [1.807, 2.05) is 6.92 Å². The molecule has 1 atom stereocenters. The predicted octanol–water partition coefficient (Wildman–Crippen LogP) is 2.04. The van der Waals surface area contributed by atoms with Crippen LogP contribution in [-0.4, -0.2) is 11.9 Å². The summed E-state index contributed by atoms with van der Waals surface area (Å²) in [4.78, 5) is 4.33. The highest BCUT2D eigenvalue weighted by Crippen LogP contribution is 2.26. The zero-order valence-corrected chi connectivity index (χ0v) is 6.79. The summed E-state index contributed by atoms with van der Waals surface area (Å²) in [5, 5.41) is 0. The lowest BCUT2D eigenvalue weighted by molar-refractivity contribution is 0.409. The molecule has 2 heteroatoms. The largest absolute Gasteiger partial charge is 0.446 e. The minimum atomic E-state index is 0.277. The summed E-state index contributed by atoms with van der Waals surface area (Å²) in [5.74, 6) is 1.81. The molecule has 11 heavy (non-hydrogen) atoms. The number of ether oxygens (including phenoxy) is 1. The van der Waals surface area contributed by atoms with Gasteiger partial charge in [-0.05, 0) is 19.4 Å². The lowest BCUT2D eigenvalue weighted by atomic mass is 10.0. The standard InChI is InChI=1S/C9H11NO/c1-6-3-4-8-9(5-6)11-7(2)10-8/h3,5,8H,4H2,1-2H3. The molecule has 0 aromatic heterocycles. The van der Waals surface area contributed by atoms with Gasteiger partial charge in [0.2, 0.25) is 0 Å². The monoisotopic (exact) mass is 149 g/mol. The molecule has 0 N–H and O–H groups in total. The van der Waals surface area contributed by atoms with Crippen molar-refractivity contribution < 1.29 is 4.74 Å². The average molecular weight is 149 g/mol. The second-order valence-electron chi connectivity index (χ2n) is 3.00. The van der Waals surface area contributed by atoms with Crippen LogP contribution < -0.4 is 0 Å². The maximum atomic E-state index is 5.41. The molecule has 2 rings (SSSR count). The highest BCUT2D eigenvalue weighted by atomic mass is 16.5. The molecule has 1 aliphatic heterocycles. The minimum Gasteiger partial charge on any atom is -0.446 e. The molecule has 0 spiro atoms. The summed E-state index contributed by atoms with van der Waals surface area (Å²) in [6.07, 6.45) is 5.25. The first-order chi connectivity index (χ1) is 5.25. The van der Waals surface area contributed by atoms with Crippen LogP contribution in [0.3, 0.4) is 0 Å². The molecule has 0 fully saturated rings. The third-order valence-electron chi connectivity index (χ3n) is 1.96. The van der Waals surface area contributed by atoms with Crippen LogP contribution in [-0.2, 0) is 4.74 Å². The van der Waals surface area contributed by atoms with E-state index in [0.29, 0.717) is 0 Å². The fourth-order valence-electron chi connectivity index (χ4n) is 1.42. The Hall–Kier alpha value is -1.05. The summed E-state index contributed by atoms with van der Waals surface area (Å²) < 4.78 is 5.41. The summed E-state index contributed by atoms with van der Waals surface area (Å²) in [5.41, 5.74) is 1.28. The fourth-order valence-corrected chi connectivity index (χ4v) is 1.42. The summed E-state index contributed by atoms with van der Waals surface area (Å²) in [7, 11) is 0. The van der Waals surface area contributed by atoms with Gasteiger partial charge in [-0.2, -0.15) is 0 Å². The van der Waals surface area contributed by atoms with E-state index < -0.39 is 0 Å². The number of hydrogen-bond acceptors (Lipinski definition) is 2. The minimum absolute atomic E-state index is 0.277. The molecule has 0 saturated carbocycles. The van der Waals surface area contributed by atoms with Gasteiger partial charge in [0, 0.05) is 6.92 Å². The lowest BCUT2D eigenvalue weighted by Crippen LogP contribution is -2.06. The zero-order valence-electron chi connectivity index (χ0n) is 6.79. The molecule has 58 valence electrons. The number of allylic oxidation sites excluding steroid dienone is 2. The Labute approximate surface area is 66.3 Å². The Bertz CT molecular complexity index is 273. The van der Waals surface area contributed by atoms with Gasteiger partial charge >= 0.3 is 0 Å². The number of rotatable bonds is 0. The molecular formula is C9H11NO. The SMILES string of the molecule is CC1=CCC2N=C(C)OC2=C1. The zero-order chi connectivity index (χ0) is 7.84. The van der Waals surface area contributed by atoms with Crippen molar-refractivity contribution in [3.63, 3.8) is 0 Å². The molecule has 1 heterocycles. The summed E-state index contributed by atoms with van der Waals surface area (Å²) >= 11 is 0. The third kappa shape index (κ3) is 1.09. The number of fused-ring (bicyclic) bond motifs is 1. The van der Waals surface area contributed by atoms with Gasteiger partial charge < -0.3 is 4.74 Å². The second-order valence-corrected chi connectivity index (χ2v) is 3.00. The molecule has 0 radical (unpaired) electrons. The average Bonchev–Trinajstić information content (AvgIpc) is 2.27. The van der Waals surface area contributed by atoms with Crippen LogP contribution in [0.4, 0.5) is 0 Å². The van der Waals surface area contributed by atoms with Gasteiger partial charge in [0.1, 0.15) is 11.8 Å². The van der Waals surface area contributed by atoms with Crippen LogP contribution >= 0.6 is 0 Å². The maximum absolute atomic E-state index is 5.41. The molecular weight excluding hydrogens is 138 g/mol. The van der Waals surface area contributed by atoms with Crippen molar-refractivity contribution in [3.8, 4) is 0 Å². The Morgan fingerprint density at radius 3 is 3.18 bits per heavy atom. The van der Waals surface area contributed by atoms with Crippen LogP contribution in [0, 0.1) is 0 Å². The molecule has 0 saturated heterocycles. The molecule has 2 nitrogen and oxygen atoms in total. The van der Waals surface area contributed by atoms with Gasteiger partial charge in [-0.15, -0.1) is 0 Å². The molecule has 0 amide bonds. The Morgan fingerprint density at radius 1 is 1.55 bits per heavy atom. The predicted molar refractivity (Wildman–Crippen MR) is 44.4 cm³/mol. The summed E-state index contributed by atoms with van der Waals surface area (Å²) in [6.45, 7) is 3.98. The number of hydrogen-bond donors (Lipinski definition) is 0. The number of aliphatic imine (C=N–C) groups is 1. The fraction of sp³-hybridized carbons (Fsp3) is 0.444. The Kier molecular flexibility index (Phi) is 1.34. The molecule has 0 bridgehead atoms. The van der Waals surface area contributed by atoms with Crippen molar-refractivity contribution in [2.45, 2.75) is 26.3 Å². The van der Waals surface area contributed by atoms with Gasteiger partial charge in [-0.1, -0.05) is 11.6 Å². The first kappa shape index (κ1) is 6.65. The van der Waals surface area contributed by atoms with Crippen molar-refractivity contribution >= 4 is 5.90 Å². The van der Waals surface area contributed by atoms with E-state index in [-0.39, 0.29) is 6.04 Å². The topological polar surface area (TPSA) is 21.6 Å². The highest BCUT2D eigenvalue weighted by Gasteiger charge is 2.23. The summed E-state index contributed by atoms with van der Waals surface area (Å²) in [6, 6.07) is 0.277. The molecule has 0 aromatic carbocycles. The van der Waals surface area contributed by atoms with Crippen molar-refractivity contribution in [3.05, 3.63) is 23.5 Å². The van der Waals surface area contributed by atoms with Gasteiger partial charge in [-0.25, -0.2) is 4.99 Å². The van der Waals surface area contributed by atoms with Gasteiger partial charge in [-0.3, -0.25) is 0 Å². The van der Waals surface area contributed by atoms with E-state index in [0.717, 1.165) is 18.1 Å². The molecule has 2 aliphatic rings.